The van der Waals surface area contributed by atoms with Crippen LogP contribution in [0.3, 0.4) is 0 Å². The van der Waals surface area contributed by atoms with Gasteiger partial charge in [-0.25, -0.2) is 4.79 Å². The molecule has 156 valence electrons. The number of hydrogen-bond acceptors (Lipinski definition) is 8. The maximum atomic E-state index is 12.1. The normalized spacial score (nSPS) is 11.2. The predicted molar refractivity (Wildman–Crippen MR) is 110 cm³/mol. The van der Waals surface area contributed by atoms with Gasteiger partial charge in [-0.1, -0.05) is 0 Å². The van der Waals surface area contributed by atoms with Crippen LogP contribution >= 0.6 is 0 Å². The Hall–Kier alpha value is -3.37. The number of H-pyrrole nitrogens is 2. The number of unbranched alkanes of at least 4 members (excludes halogenated alkanes) is 2. The first-order chi connectivity index (χ1) is 14.0. The zero-order valence-electron chi connectivity index (χ0n) is 16.4. The third-order valence-corrected chi connectivity index (χ3v) is 4.55. The summed E-state index contributed by atoms with van der Waals surface area (Å²) in [6.07, 6.45) is 2.46. The predicted octanol–water partition coefficient (Wildman–Crippen LogP) is 0.122. The topological polar surface area (TPSA) is 151 Å². The van der Waals surface area contributed by atoms with Crippen molar-refractivity contribution in [2.45, 2.75) is 39.7 Å². The van der Waals surface area contributed by atoms with Crippen molar-refractivity contribution in [1.82, 2.24) is 19.5 Å². The molecule has 2 aromatic heterocycles. The van der Waals surface area contributed by atoms with Crippen LogP contribution < -0.4 is 37.5 Å². The van der Waals surface area contributed by atoms with Gasteiger partial charge in [0.25, 0.3) is 16.4 Å². The number of nitrogens with zero attached hydrogens (tertiary/aromatic N) is 2. The summed E-state index contributed by atoms with van der Waals surface area (Å²) in [5.41, 5.74) is -1.12. The smallest absolute Gasteiger partial charge is 0.327 e. The van der Waals surface area contributed by atoms with Crippen molar-refractivity contribution in [2.75, 3.05) is 30.3 Å². The molecule has 0 fully saturated rings. The van der Waals surface area contributed by atoms with Gasteiger partial charge in [0.2, 0.25) is 5.95 Å². The van der Waals surface area contributed by atoms with Crippen LogP contribution in [0.25, 0.3) is 11.2 Å². The van der Waals surface area contributed by atoms with E-state index >= 15 is 0 Å². The molecule has 0 saturated heterocycles. The molecule has 0 unspecified atom stereocenters. The lowest BCUT2D eigenvalue weighted by Crippen LogP contribution is -2.36. The summed E-state index contributed by atoms with van der Waals surface area (Å²) in [7, 11) is 0. The van der Waals surface area contributed by atoms with Crippen LogP contribution in [0.1, 0.15) is 33.1 Å². The maximum Gasteiger partial charge on any atom is 0.327 e. The van der Waals surface area contributed by atoms with Crippen molar-refractivity contribution in [3.63, 3.8) is 0 Å². The van der Waals surface area contributed by atoms with Crippen LogP contribution in [0, 0.1) is 0 Å². The number of imidazole rings is 1. The fourth-order valence-corrected chi connectivity index (χ4v) is 3.08. The standard InChI is InChI=1S/C18H24N6O5/c1-3-24-15-11(21-18(24)28)16(27)23-17(22-15)20-9-7-5-6-8-19-10-12(25)13(26)14(10)29-4-2/h19H,3-9H2,1-2H3,(H,21,28)(H2,20,22,23,27). The molecule has 0 amide bonds. The molecule has 0 atom stereocenters. The minimum atomic E-state index is -0.576. The number of aromatic amines is 2. The Bertz CT molecular complexity index is 1180. The van der Waals surface area contributed by atoms with Gasteiger partial charge in [0.05, 0.1) is 6.61 Å². The molecule has 0 aliphatic rings. The minimum absolute atomic E-state index is 0.125. The third kappa shape index (κ3) is 4.08. The monoisotopic (exact) mass is 404 g/mol. The SMILES string of the molecule is CCOc1c(NCCCCCNc2nc3c([nH]c(=O)n3CC)c(=O)[nH]2)c(=O)c1=O. The molecule has 2 heterocycles. The van der Waals surface area contributed by atoms with E-state index in [4.69, 9.17) is 4.74 Å². The van der Waals surface area contributed by atoms with E-state index in [1.807, 2.05) is 0 Å². The average Bonchev–Trinajstić information content (AvgIpc) is 3.04. The summed E-state index contributed by atoms with van der Waals surface area (Å²) in [4.78, 5) is 56.2. The highest BCUT2D eigenvalue weighted by atomic mass is 16.5. The lowest BCUT2D eigenvalue weighted by atomic mass is 10.2. The van der Waals surface area contributed by atoms with E-state index in [0.717, 1.165) is 19.3 Å². The summed E-state index contributed by atoms with van der Waals surface area (Å²) < 4.78 is 6.56. The van der Waals surface area contributed by atoms with Crippen LogP contribution in [0.15, 0.2) is 19.2 Å². The molecule has 0 bridgehead atoms. The van der Waals surface area contributed by atoms with E-state index < -0.39 is 16.4 Å². The summed E-state index contributed by atoms with van der Waals surface area (Å²) in [5.74, 6) is 0.437. The second-order valence-electron chi connectivity index (χ2n) is 6.50. The van der Waals surface area contributed by atoms with Crippen molar-refractivity contribution >= 4 is 22.8 Å². The molecule has 0 radical (unpaired) electrons. The van der Waals surface area contributed by atoms with Gasteiger partial charge in [0.15, 0.2) is 16.9 Å². The van der Waals surface area contributed by atoms with E-state index in [-0.39, 0.29) is 22.6 Å². The number of aromatic nitrogens is 4. The summed E-state index contributed by atoms with van der Waals surface area (Å²) >= 11 is 0. The van der Waals surface area contributed by atoms with Crippen molar-refractivity contribution in [3.8, 4) is 5.75 Å². The molecule has 11 heteroatoms. The van der Waals surface area contributed by atoms with Gasteiger partial charge in [0.1, 0.15) is 5.69 Å². The van der Waals surface area contributed by atoms with Gasteiger partial charge in [-0.3, -0.25) is 28.9 Å². The number of rotatable bonds is 11. The van der Waals surface area contributed by atoms with Crippen LogP contribution in [0.5, 0.6) is 5.75 Å². The van der Waals surface area contributed by atoms with Gasteiger partial charge in [-0.05, 0) is 33.1 Å². The summed E-state index contributed by atoms with van der Waals surface area (Å²) in [5, 5.41) is 6.01. The maximum absolute atomic E-state index is 12.1. The molecule has 29 heavy (non-hydrogen) atoms. The number of nitrogens with one attached hydrogen (secondary N) is 4. The first-order valence-corrected chi connectivity index (χ1v) is 9.64. The van der Waals surface area contributed by atoms with Crippen molar-refractivity contribution in [2.24, 2.45) is 0 Å². The van der Waals surface area contributed by atoms with E-state index in [2.05, 4.69) is 25.6 Å². The minimum Gasteiger partial charge on any atom is -0.488 e. The fraction of sp³-hybridized carbons (Fsp3) is 0.500. The number of hydrogen-bond donors (Lipinski definition) is 4. The molecule has 3 aromatic rings. The molecule has 0 spiro atoms. The van der Waals surface area contributed by atoms with Crippen LogP contribution in [-0.2, 0) is 6.54 Å². The van der Waals surface area contributed by atoms with Gasteiger partial charge >= 0.3 is 5.69 Å². The Kier molecular flexibility index (Phi) is 6.15. The lowest BCUT2D eigenvalue weighted by Gasteiger charge is -2.12. The fourth-order valence-electron chi connectivity index (χ4n) is 3.08. The molecule has 0 aliphatic heterocycles. The van der Waals surface area contributed by atoms with Crippen molar-refractivity contribution in [1.29, 1.82) is 0 Å². The Balaban J connectivity index is 1.45. The molecule has 4 N–H and O–H groups in total. The van der Waals surface area contributed by atoms with E-state index in [9.17, 15) is 19.2 Å². The number of fused-ring (bicyclic) bond motifs is 1. The Morgan fingerprint density at radius 2 is 1.69 bits per heavy atom. The first kappa shape index (κ1) is 20.4. The molecule has 1 aromatic carbocycles. The van der Waals surface area contributed by atoms with Gasteiger partial charge < -0.3 is 15.4 Å². The highest BCUT2D eigenvalue weighted by Gasteiger charge is 2.21. The molecule has 0 saturated carbocycles. The Morgan fingerprint density at radius 3 is 2.38 bits per heavy atom. The molecule has 3 rings (SSSR count). The van der Waals surface area contributed by atoms with Gasteiger partial charge in [-0.15, -0.1) is 0 Å². The quantitative estimate of drug-likeness (QED) is 0.260. The molecule has 11 nitrogen and oxygen atoms in total. The Morgan fingerprint density at radius 1 is 0.966 bits per heavy atom. The van der Waals surface area contributed by atoms with Crippen molar-refractivity contribution in [3.05, 3.63) is 41.3 Å². The summed E-state index contributed by atoms with van der Waals surface area (Å²) in [6.45, 7) is 5.45. The van der Waals surface area contributed by atoms with Gasteiger partial charge in [-0.2, -0.15) is 4.98 Å². The zero-order chi connectivity index (χ0) is 21.0. The van der Waals surface area contributed by atoms with Gasteiger partial charge in [0, 0.05) is 19.6 Å². The van der Waals surface area contributed by atoms with Crippen molar-refractivity contribution < 1.29 is 4.74 Å². The average molecular weight is 404 g/mol. The molecule has 0 aliphatic carbocycles. The van der Waals surface area contributed by atoms with E-state index in [1.54, 1.807) is 13.8 Å². The highest BCUT2D eigenvalue weighted by molar-refractivity contribution is 5.70. The van der Waals surface area contributed by atoms with E-state index in [1.165, 1.54) is 4.57 Å². The van der Waals surface area contributed by atoms with Crippen LogP contribution in [-0.4, -0.2) is 39.2 Å². The third-order valence-electron chi connectivity index (χ3n) is 4.55. The van der Waals surface area contributed by atoms with E-state index in [0.29, 0.717) is 37.8 Å². The summed E-state index contributed by atoms with van der Waals surface area (Å²) in [6, 6.07) is 0. The highest BCUT2D eigenvalue weighted by Crippen LogP contribution is 2.17. The molecular formula is C18H24N6O5. The molecular weight excluding hydrogens is 380 g/mol. The second-order valence-corrected chi connectivity index (χ2v) is 6.50. The first-order valence-electron chi connectivity index (χ1n) is 9.64. The van der Waals surface area contributed by atoms with Crippen LogP contribution in [0.4, 0.5) is 11.6 Å². The number of anilines is 2. The Labute approximate surface area is 164 Å². The second kappa shape index (κ2) is 8.76. The zero-order valence-corrected chi connectivity index (χ0v) is 16.4. The number of ether oxygens (including phenoxy) is 1. The van der Waals surface area contributed by atoms with Crippen LogP contribution in [0.2, 0.25) is 0 Å². The number of aryl methyl sites for hydroxylation is 1. The lowest BCUT2D eigenvalue weighted by molar-refractivity contribution is 0.334. The largest absolute Gasteiger partial charge is 0.488 e.